The second-order valence-corrected chi connectivity index (χ2v) is 11.7. The van der Waals surface area contributed by atoms with Crippen molar-refractivity contribution in [1.29, 1.82) is 5.26 Å². The van der Waals surface area contributed by atoms with Crippen molar-refractivity contribution in [1.82, 2.24) is 15.5 Å². The van der Waals surface area contributed by atoms with Gasteiger partial charge in [0.05, 0.1) is 6.07 Å². The molecule has 3 aromatic rings. The van der Waals surface area contributed by atoms with Gasteiger partial charge in [-0.15, -0.1) is 11.3 Å². The molecule has 1 fully saturated rings. The third kappa shape index (κ3) is 4.91. The third-order valence-electron chi connectivity index (χ3n) is 7.58. The number of nitrogens with zero attached hydrogens (tertiary/aromatic N) is 2. The van der Waals surface area contributed by atoms with Gasteiger partial charge in [-0.3, -0.25) is 14.4 Å². The van der Waals surface area contributed by atoms with Gasteiger partial charge in [0.15, 0.2) is 0 Å². The maximum Gasteiger partial charge on any atom is 0.248 e. The fourth-order valence-corrected chi connectivity index (χ4v) is 6.56. The lowest BCUT2D eigenvalue weighted by Crippen LogP contribution is -2.67. The first-order valence-corrected chi connectivity index (χ1v) is 14.0. The molecule has 5 rings (SSSR count). The van der Waals surface area contributed by atoms with Crippen LogP contribution in [-0.4, -0.2) is 40.7 Å². The van der Waals surface area contributed by atoms with Gasteiger partial charge in [0, 0.05) is 4.70 Å². The lowest BCUT2D eigenvalue weighted by molar-refractivity contribution is -0.157. The smallest absolute Gasteiger partial charge is 0.248 e. The molecular weight excluding hydrogens is 496 g/mol. The fraction of sp³-hybridized carbons (Fsp3) is 0.400. The monoisotopic (exact) mass is 528 g/mol. The highest BCUT2D eigenvalue weighted by molar-refractivity contribution is 7.17. The van der Waals surface area contributed by atoms with Crippen molar-refractivity contribution in [2.24, 2.45) is 11.8 Å². The van der Waals surface area contributed by atoms with Crippen LogP contribution in [0.1, 0.15) is 49.9 Å². The van der Waals surface area contributed by atoms with Crippen molar-refractivity contribution in [3.63, 3.8) is 0 Å². The molecule has 2 aliphatic rings. The SMILES string of the molecule is CC(C)C[C@@H]1C(=O)N[C@H](C2Cc3ccccc3C2)C(=O)N1C(C(=O)NC(C)C#N)c1ccc2sccc2c1. The van der Waals surface area contributed by atoms with E-state index in [1.807, 2.05) is 61.7 Å². The fourth-order valence-electron chi connectivity index (χ4n) is 5.79. The summed E-state index contributed by atoms with van der Waals surface area (Å²) < 4.78 is 1.07. The Morgan fingerprint density at radius 1 is 1.13 bits per heavy atom. The molecule has 2 aromatic carbocycles. The molecule has 0 spiro atoms. The van der Waals surface area contributed by atoms with Gasteiger partial charge in [-0.25, -0.2) is 0 Å². The van der Waals surface area contributed by atoms with Crippen LogP contribution in [0.5, 0.6) is 0 Å². The summed E-state index contributed by atoms with van der Waals surface area (Å²) in [7, 11) is 0. The Bertz CT molecular complexity index is 1400. The van der Waals surface area contributed by atoms with Crippen LogP contribution in [0.2, 0.25) is 0 Å². The Balaban J connectivity index is 1.57. The topological polar surface area (TPSA) is 102 Å². The second kappa shape index (κ2) is 10.6. The third-order valence-corrected chi connectivity index (χ3v) is 8.47. The van der Waals surface area contributed by atoms with Crippen molar-refractivity contribution in [3.05, 3.63) is 70.6 Å². The molecule has 2 N–H and O–H groups in total. The van der Waals surface area contributed by atoms with Gasteiger partial charge in [0.25, 0.3) is 0 Å². The molecule has 8 heteroatoms. The normalized spacial score (nSPS) is 21.2. The molecule has 4 atom stereocenters. The van der Waals surface area contributed by atoms with E-state index in [1.165, 1.54) is 16.0 Å². The number of hydrogen-bond acceptors (Lipinski definition) is 5. The zero-order valence-corrected chi connectivity index (χ0v) is 22.6. The number of thiophene rings is 1. The van der Waals surface area contributed by atoms with E-state index in [4.69, 9.17) is 0 Å². The van der Waals surface area contributed by atoms with E-state index in [-0.39, 0.29) is 23.7 Å². The van der Waals surface area contributed by atoms with Crippen molar-refractivity contribution < 1.29 is 14.4 Å². The Morgan fingerprint density at radius 3 is 2.50 bits per heavy atom. The molecule has 0 bridgehead atoms. The molecule has 1 aromatic heterocycles. The number of fused-ring (bicyclic) bond motifs is 2. The summed E-state index contributed by atoms with van der Waals surface area (Å²) in [5.41, 5.74) is 3.01. The zero-order valence-electron chi connectivity index (χ0n) is 21.8. The van der Waals surface area contributed by atoms with E-state index in [2.05, 4.69) is 22.8 Å². The first-order chi connectivity index (χ1) is 18.3. The largest absolute Gasteiger partial charge is 0.342 e. The van der Waals surface area contributed by atoms with E-state index in [0.29, 0.717) is 24.8 Å². The number of benzene rings is 2. The first kappa shape index (κ1) is 25.9. The quantitative estimate of drug-likeness (QED) is 0.481. The van der Waals surface area contributed by atoms with Gasteiger partial charge in [0.1, 0.15) is 24.2 Å². The van der Waals surface area contributed by atoms with E-state index >= 15 is 0 Å². The minimum absolute atomic E-state index is 0.0903. The zero-order chi connectivity index (χ0) is 27.0. The Labute approximate surface area is 226 Å². The van der Waals surface area contributed by atoms with Gasteiger partial charge in [-0.1, -0.05) is 44.2 Å². The van der Waals surface area contributed by atoms with E-state index < -0.39 is 30.1 Å². The number of carbonyl (C=O) groups excluding carboxylic acids is 3. The van der Waals surface area contributed by atoms with E-state index in [1.54, 1.807) is 18.3 Å². The average Bonchev–Trinajstić information content (AvgIpc) is 3.54. The first-order valence-electron chi connectivity index (χ1n) is 13.1. The van der Waals surface area contributed by atoms with E-state index in [9.17, 15) is 19.6 Å². The summed E-state index contributed by atoms with van der Waals surface area (Å²) in [6, 6.07) is 14.5. The van der Waals surface area contributed by atoms with Gasteiger partial charge in [0.2, 0.25) is 17.7 Å². The Kier molecular flexibility index (Phi) is 7.22. The average molecular weight is 529 g/mol. The van der Waals surface area contributed by atoms with Crippen LogP contribution in [0.4, 0.5) is 0 Å². The highest BCUT2D eigenvalue weighted by Crippen LogP contribution is 2.36. The molecule has 3 amide bonds. The highest BCUT2D eigenvalue weighted by Gasteiger charge is 2.49. The maximum absolute atomic E-state index is 14.4. The number of amides is 3. The molecule has 2 heterocycles. The van der Waals surface area contributed by atoms with Crippen molar-refractivity contribution in [2.45, 2.75) is 64.2 Å². The minimum Gasteiger partial charge on any atom is -0.342 e. The predicted molar refractivity (Wildman–Crippen MR) is 147 cm³/mol. The Hall–Kier alpha value is -3.70. The number of hydrogen-bond donors (Lipinski definition) is 2. The summed E-state index contributed by atoms with van der Waals surface area (Å²) >= 11 is 1.60. The number of carbonyl (C=O) groups is 3. The van der Waals surface area contributed by atoms with Crippen LogP contribution in [0.3, 0.4) is 0 Å². The molecular formula is C30H32N4O3S. The standard InChI is InChI=1S/C30H32N4O3S/c1-17(2)12-24-28(35)33-26(23-13-19-6-4-5-7-20(19)14-23)30(37)34(24)27(29(36)32-18(3)16-31)22-8-9-25-21(15-22)10-11-38-25/h4-11,15,17-18,23-24,26-27H,12-14H2,1-3H3,(H,32,36)(H,33,35)/t18?,24-,26-,27?/m1/s1. The lowest BCUT2D eigenvalue weighted by Gasteiger charge is -2.45. The number of piperazine rings is 1. The van der Waals surface area contributed by atoms with Gasteiger partial charge >= 0.3 is 0 Å². The van der Waals surface area contributed by atoms with Crippen LogP contribution >= 0.6 is 11.3 Å². The lowest BCUT2D eigenvalue weighted by atomic mass is 9.87. The van der Waals surface area contributed by atoms with Gasteiger partial charge in [-0.05, 0) is 83.7 Å². The number of rotatable bonds is 7. The molecule has 1 saturated heterocycles. The summed E-state index contributed by atoms with van der Waals surface area (Å²) in [5.74, 6) is -0.911. The molecule has 0 saturated carbocycles. The molecule has 196 valence electrons. The highest BCUT2D eigenvalue weighted by atomic mass is 32.1. The Morgan fingerprint density at radius 2 is 1.84 bits per heavy atom. The van der Waals surface area contributed by atoms with Crippen LogP contribution in [0, 0.1) is 23.2 Å². The molecule has 0 radical (unpaired) electrons. The van der Waals surface area contributed by atoms with Crippen molar-refractivity contribution in [2.75, 3.05) is 0 Å². The van der Waals surface area contributed by atoms with Crippen molar-refractivity contribution >= 4 is 39.1 Å². The summed E-state index contributed by atoms with van der Waals surface area (Å²) in [5, 5.41) is 18.1. The summed E-state index contributed by atoms with van der Waals surface area (Å²) in [6.45, 7) is 5.60. The molecule has 1 aliphatic heterocycles. The second-order valence-electron chi connectivity index (χ2n) is 10.8. The predicted octanol–water partition coefficient (Wildman–Crippen LogP) is 4.13. The molecule has 38 heavy (non-hydrogen) atoms. The van der Waals surface area contributed by atoms with Crippen molar-refractivity contribution in [3.8, 4) is 6.07 Å². The van der Waals surface area contributed by atoms with Crippen LogP contribution in [-0.2, 0) is 27.2 Å². The minimum atomic E-state index is -1.04. The summed E-state index contributed by atoms with van der Waals surface area (Å²) in [4.78, 5) is 43.3. The van der Waals surface area contributed by atoms with Crippen LogP contribution in [0.15, 0.2) is 53.9 Å². The van der Waals surface area contributed by atoms with Crippen LogP contribution in [0.25, 0.3) is 10.1 Å². The number of nitriles is 1. The molecule has 1 aliphatic carbocycles. The summed E-state index contributed by atoms with van der Waals surface area (Å²) in [6.07, 6.45) is 1.81. The number of nitrogens with one attached hydrogen (secondary N) is 2. The maximum atomic E-state index is 14.4. The molecule has 2 unspecified atom stereocenters. The molecule has 7 nitrogen and oxygen atoms in total. The van der Waals surface area contributed by atoms with Gasteiger partial charge < -0.3 is 15.5 Å². The van der Waals surface area contributed by atoms with Gasteiger partial charge in [-0.2, -0.15) is 5.26 Å². The van der Waals surface area contributed by atoms with Crippen LogP contribution < -0.4 is 10.6 Å². The van der Waals surface area contributed by atoms with E-state index in [0.717, 1.165) is 10.1 Å².